The molecule has 0 aliphatic carbocycles. The standard InChI is InChI=1S/C13H21FN2/c1-6-12(8-15)7-13(14)11(5)16-10(4)9(2)3/h6-10,15-16H,1H2,2-5H3/b12-7-,13-11-,15-8?. The van der Waals surface area contributed by atoms with Crippen LogP contribution in [0.3, 0.4) is 0 Å². The second-order valence-electron chi connectivity index (χ2n) is 4.14. The molecule has 0 radical (unpaired) electrons. The van der Waals surface area contributed by atoms with Crippen LogP contribution in [0.2, 0.25) is 0 Å². The molecular formula is C13H21FN2. The molecule has 1 atom stereocenters. The fourth-order valence-electron chi connectivity index (χ4n) is 0.991. The minimum absolute atomic E-state index is 0.214. The van der Waals surface area contributed by atoms with E-state index >= 15 is 0 Å². The van der Waals surface area contributed by atoms with Crippen molar-refractivity contribution in [2.45, 2.75) is 33.7 Å². The number of halogens is 1. The van der Waals surface area contributed by atoms with Crippen molar-refractivity contribution in [3.63, 3.8) is 0 Å². The molecule has 0 aromatic heterocycles. The van der Waals surface area contributed by atoms with Crippen molar-refractivity contribution in [3.05, 3.63) is 35.8 Å². The van der Waals surface area contributed by atoms with Crippen LogP contribution in [0.5, 0.6) is 0 Å². The van der Waals surface area contributed by atoms with Crippen LogP contribution >= 0.6 is 0 Å². The first-order chi connectivity index (χ1) is 7.42. The fourth-order valence-corrected chi connectivity index (χ4v) is 0.991. The molecule has 0 aromatic carbocycles. The highest BCUT2D eigenvalue weighted by molar-refractivity contribution is 5.80. The minimum atomic E-state index is -0.356. The van der Waals surface area contributed by atoms with E-state index in [1.165, 1.54) is 12.2 Å². The van der Waals surface area contributed by atoms with Crippen molar-refractivity contribution < 1.29 is 4.39 Å². The first-order valence-electron chi connectivity index (χ1n) is 5.39. The molecule has 0 amide bonds. The lowest BCUT2D eigenvalue weighted by atomic mass is 10.1. The number of allylic oxidation sites excluding steroid dienone is 5. The van der Waals surface area contributed by atoms with Gasteiger partial charge in [0.2, 0.25) is 0 Å². The van der Waals surface area contributed by atoms with E-state index in [0.717, 1.165) is 6.21 Å². The predicted molar refractivity (Wildman–Crippen MR) is 68.3 cm³/mol. The van der Waals surface area contributed by atoms with Crippen LogP contribution < -0.4 is 5.32 Å². The molecule has 1 unspecified atom stereocenters. The van der Waals surface area contributed by atoms with Crippen LogP contribution in [0.1, 0.15) is 27.7 Å². The molecule has 0 aliphatic heterocycles. The summed E-state index contributed by atoms with van der Waals surface area (Å²) >= 11 is 0. The molecule has 2 N–H and O–H groups in total. The average molecular weight is 224 g/mol. The van der Waals surface area contributed by atoms with E-state index in [0.29, 0.717) is 17.2 Å². The molecule has 0 aliphatic rings. The third kappa shape index (κ3) is 4.91. The smallest absolute Gasteiger partial charge is 0.142 e. The van der Waals surface area contributed by atoms with Gasteiger partial charge in [-0.15, -0.1) is 0 Å². The van der Waals surface area contributed by atoms with E-state index in [4.69, 9.17) is 5.41 Å². The molecule has 16 heavy (non-hydrogen) atoms. The van der Waals surface area contributed by atoms with Gasteiger partial charge >= 0.3 is 0 Å². The van der Waals surface area contributed by atoms with Crippen molar-refractivity contribution in [2.24, 2.45) is 5.92 Å². The van der Waals surface area contributed by atoms with Crippen molar-refractivity contribution in [3.8, 4) is 0 Å². The van der Waals surface area contributed by atoms with E-state index in [9.17, 15) is 4.39 Å². The van der Waals surface area contributed by atoms with Gasteiger partial charge < -0.3 is 10.7 Å². The summed E-state index contributed by atoms with van der Waals surface area (Å²) in [7, 11) is 0. The lowest BCUT2D eigenvalue weighted by Gasteiger charge is -2.19. The highest BCUT2D eigenvalue weighted by atomic mass is 19.1. The number of hydrogen-bond acceptors (Lipinski definition) is 2. The Morgan fingerprint density at radius 1 is 1.38 bits per heavy atom. The summed E-state index contributed by atoms with van der Waals surface area (Å²) < 4.78 is 13.6. The summed E-state index contributed by atoms with van der Waals surface area (Å²) in [6.07, 6.45) is 3.83. The Hall–Kier alpha value is -1.38. The maximum atomic E-state index is 13.6. The highest BCUT2D eigenvalue weighted by Gasteiger charge is 2.08. The molecule has 3 heteroatoms. The topological polar surface area (TPSA) is 35.9 Å². The minimum Gasteiger partial charge on any atom is -0.384 e. The van der Waals surface area contributed by atoms with Crippen LogP contribution in [0.4, 0.5) is 4.39 Å². The number of rotatable bonds is 6. The normalized spacial score (nSPS) is 15.5. The Balaban J connectivity index is 4.76. The summed E-state index contributed by atoms with van der Waals surface area (Å²) in [4.78, 5) is 0. The van der Waals surface area contributed by atoms with Crippen molar-refractivity contribution in [1.82, 2.24) is 5.32 Å². The van der Waals surface area contributed by atoms with Gasteiger partial charge in [-0.25, -0.2) is 4.39 Å². The van der Waals surface area contributed by atoms with Gasteiger partial charge in [0, 0.05) is 18.0 Å². The Bertz CT molecular complexity index is 304. The average Bonchev–Trinajstić information content (AvgIpc) is 2.24. The quantitative estimate of drug-likeness (QED) is 0.525. The van der Waals surface area contributed by atoms with E-state index in [1.54, 1.807) is 6.92 Å². The van der Waals surface area contributed by atoms with Gasteiger partial charge in [-0.2, -0.15) is 0 Å². The van der Waals surface area contributed by atoms with Crippen molar-refractivity contribution in [1.29, 1.82) is 5.41 Å². The first kappa shape index (κ1) is 14.6. The van der Waals surface area contributed by atoms with Gasteiger partial charge in [0.05, 0.1) is 0 Å². The largest absolute Gasteiger partial charge is 0.384 e. The summed E-state index contributed by atoms with van der Waals surface area (Å²) in [5.74, 6) is 0.0826. The Kier molecular flexibility index (Phi) is 6.38. The van der Waals surface area contributed by atoms with Crippen molar-refractivity contribution >= 4 is 6.21 Å². The summed E-state index contributed by atoms with van der Waals surface area (Å²) in [6.45, 7) is 11.4. The lowest BCUT2D eigenvalue weighted by molar-refractivity contribution is 0.453. The van der Waals surface area contributed by atoms with Crippen molar-refractivity contribution in [2.75, 3.05) is 0 Å². The zero-order valence-electron chi connectivity index (χ0n) is 10.5. The molecule has 0 bridgehead atoms. The Morgan fingerprint density at radius 2 is 1.94 bits per heavy atom. The van der Waals surface area contributed by atoms with Gasteiger partial charge in [0.25, 0.3) is 0 Å². The molecule has 0 spiro atoms. The van der Waals surface area contributed by atoms with E-state index < -0.39 is 0 Å². The third-order valence-electron chi connectivity index (χ3n) is 2.50. The lowest BCUT2D eigenvalue weighted by Crippen LogP contribution is -2.29. The maximum Gasteiger partial charge on any atom is 0.142 e. The first-order valence-corrected chi connectivity index (χ1v) is 5.39. The fraction of sp³-hybridized carbons (Fsp3) is 0.462. The van der Waals surface area contributed by atoms with Crippen LogP contribution in [-0.2, 0) is 0 Å². The maximum absolute atomic E-state index is 13.6. The highest BCUT2D eigenvalue weighted by Crippen LogP contribution is 2.10. The zero-order valence-corrected chi connectivity index (χ0v) is 10.5. The Morgan fingerprint density at radius 3 is 2.31 bits per heavy atom. The monoisotopic (exact) mass is 224 g/mol. The molecule has 0 saturated carbocycles. The SMILES string of the molecule is C=C/C(C=N)=C/C(F)=C(\C)NC(C)C(C)C. The molecule has 0 fully saturated rings. The van der Waals surface area contributed by atoms with Crippen LogP contribution in [0.15, 0.2) is 35.8 Å². The number of hydrogen-bond donors (Lipinski definition) is 2. The van der Waals surface area contributed by atoms with Gasteiger partial charge in [0.15, 0.2) is 0 Å². The predicted octanol–water partition coefficient (Wildman–Crippen LogP) is 3.58. The molecule has 90 valence electrons. The summed E-state index contributed by atoms with van der Waals surface area (Å²) in [5, 5.41) is 10.1. The third-order valence-corrected chi connectivity index (χ3v) is 2.50. The van der Waals surface area contributed by atoms with Gasteiger partial charge in [-0.1, -0.05) is 26.5 Å². The second kappa shape index (κ2) is 6.99. The molecule has 2 nitrogen and oxygen atoms in total. The van der Waals surface area contributed by atoms with Crippen LogP contribution in [0.25, 0.3) is 0 Å². The number of nitrogens with one attached hydrogen (secondary N) is 2. The summed E-state index contributed by atoms with van der Waals surface area (Å²) in [5.41, 5.74) is 0.943. The van der Waals surface area contributed by atoms with E-state index in [1.807, 2.05) is 6.92 Å². The molecule has 0 rings (SSSR count). The molecular weight excluding hydrogens is 203 g/mol. The van der Waals surface area contributed by atoms with Gasteiger partial charge in [-0.3, -0.25) is 0 Å². The van der Waals surface area contributed by atoms with Gasteiger partial charge in [0.1, 0.15) is 5.83 Å². The van der Waals surface area contributed by atoms with Gasteiger partial charge in [-0.05, 0) is 31.4 Å². The Labute approximate surface area is 97.5 Å². The zero-order chi connectivity index (χ0) is 12.7. The van der Waals surface area contributed by atoms with Crippen LogP contribution in [-0.4, -0.2) is 12.3 Å². The van der Waals surface area contributed by atoms with Crippen LogP contribution in [0, 0.1) is 11.3 Å². The summed E-state index contributed by atoms with van der Waals surface area (Å²) in [6, 6.07) is 0.214. The molecule has 0 heterocycles. The molecule has 0 aromatic rings. The second-order valence-corrected chi connectivity index (χ2v) is 4.14. The van der Waals surface area contributed by atoms with E-state index in [-0.39, 0.29) is 11.9 Å². The van der Waals surface area contributed by atoms with E-state index in [2.05, 4.69) is 25.7 Å². The molecule has 0 saturated heterocycles.